The Morgan fingerprint density at radius 1 is 1.09 bits per heavy atom. The van der Waals surface area contributed by atoms with Gasteiger partial charge in [0, 0.05) is 18.3 Å². The van der Waals surface area contributed by atoms with Gasteiger partial charge >= 0.3 is 0 Å². The quantitative estimate of drug-likeness (QED) is 0.507. The molecule has 0 bridgehead atoms. The SMILES string of the molecule is C=C1CC/C=C(\C)CCC2=C(C(C)C)C(=O)C[C@]2(C)CC1=O. The number of fused-ring (bicyclic) bond motifs is 1. The van der Waals surface area contributed by atoms with E-state index in [9.17, 15) is 9.59 Å². The molecule has 0 unspecified atom stereocenters. The zero-order valence-corrected chi connectivity index (χ0v) is 14.4. The molecule has 1 atom stereocenters. The maximum atomic E-state index is 12.5. The van der Waals surface area contributed by atoms with Gasteiger partial charge in [-0.25, -0.2) is 0 Å². The summed E-state index contributed by atoms with van der Waals surface area (Å²) in [5.74, 6) is 0.604. The maximum Gasteiger partial charge on any atom is 0.159 e. The number of Topliss-reactive ketones (excluding diaryl/α,β-unsaturated/α-hetero) is 2. The molecule has 22 heavy (non-hydrogen) atoms. The van der Waals surface area contributed by atoms with E-state index in [1.807, 2.05) is 0 Å². The highest BCUT2D eigenvalue weighted by atomic mass is 16.1. The minimum atomic E-state index is -0.304. The van der Waals surface area contributed by atoms with Gasteiger partial charge in [0.05, 0.1) is 0 Å². The molecule has 2 rings (SSSR count). The molecule has 0 fully saturated rings. The van der Waals surface area contributed by atoms with Crippen LogP contribution in [0.25, 0.3) is 0 Å². The first-order valence-electron chi connectivity index (χ1n) is 8.38. The van der Waals surface area contributed by atoms with Gasteiger partial charge in [-0.3, -0.25) is 9.59 Å². The molecular formula is C20H28O2. The van der Waals surface area contributed by atoms with Crippen LogP contribution in [-0.2, 0) is 9.59 Å². The molecular weight excluding hydrogens is 272 g/mol. The van der Waals surface area contributed by atoms with Gasteiger partial charge in [0.15, 0.2) is 11.6 Å². The number of ketones is 2. The standard InChI is InChI=1S/C20H28O2/c1-13(2)19-16-10-9-14(3)7-6-8-15(4)17(21)11-20(16,5)12-18(19)22/h7,13H,4,6,8-12H2,1-3,5H3/b14-7+/t20-/m0/s1. The monoisotopic (exact) mass is 300 g/mol. The van der Waals surface area contributed by atoms with E-state index in [4.69, 9.17) is 0 Å². The Labute approximate surface area is 134 Å². The molecule has 0 aromatic rings. The van der Waals surface area contributed by atoms with E-state index >= 15 is 0 Å². The molecule has 0 aliphatic heterocycles. The van der Waals surface area contributed by atoms with Crippen LogP contribution in [0.5, 0.6) is 0 Å². The van der Waals surface area contributed by atoms with E-state index in [2.05, 4.69) is 40.3 Å². The fourth-order valence-corrected chi connectivity index (χ4v) is 3.86. The van der Waals surface area contributed by atoms with E-state index in [1.54, 1.807) is 0 Å². The highest BCUT2D eigenvalue weighted by molar-refractivity contribution is 6.02. The summed E-state index contributed by atoms with van der Waals surface area (Å²) in [5.41, 5.74) is 3.95. The predicted molar refractivity (Wildman–Crippen MR) is 90.6 cm³/mol. The van der Waals surface area contributed by atoms with Crippen LogP contribution in [0.3, 0.4) is 0 Å². The Balaban J connectivity index is 2.47. The van der Waals surface area contributed by atoms with Crippen molar-refractivity contribution in [2.75, 3.05) is 0 Å². The molecule has 0 saturated heterocycles. The number of hydrogen-bond acceptors (Lipinski definition) is 2. The van der Waals surface area contributed by atoms with Gasteiger partial charge in [0.25, 0.3) is 0 Å². The Kier molecular flexibility index (Phi) is 4.89. The number of rotatable bonds is 1. The zero-order chi connectivity index (χ0) is 16.5. The molecule has 0 heterocycles. The minimum absolute atomic E-state index is 0.130. The smallest absolute Gasteiger partial charge is 0.159 e. The number of carbonyl (C=O) groups is 2. The highest BCUT2D eigenvalue weighted by Gasteiger charge is 2.43. The normalized spacial score (nSPS) is 30.2. The average Bonchev–Trinajstić information content (AvgIpc) is 2.65. The second-order valence-corrected chi connectivity index (χ2v) is 7.50. The summed E-state index contributed by atoms with van der Waals surface area (Å²) in [6.45, 7) is 12.4. The average molecular weight is 300 g/mol. The molecule has 0 radical (unpaired) electrons. The molecule has 0 aromatic heterocycles. The van der Waals surface area contributed by atoms with Crippen molar-refractivity contribution in [2.24, 2.45) is 11.3 Å². The maximum absolute atomic E-state index is 12.5. The van der Waals surface area contributed by atoms with Crippen LogP contribution in [0.4, 0.5) is 0 Å². The molecule has 0 spiro atoms. The van der Waals surface area contributed by atoms with Gasteiger partial charge in [-0.1, -0.05) is 44.6 Å². The Morgan fingerprint density at radius 3 is 2.36 bits per heavy atom. The summed E-state index contributed by atoms with van der Waals surface area (Å²) < 4.78 is 0. The van der Waals surface area contributed by atoms with E-state index in [0.29, 0.717) is 18.4 Å². The van der Waals surface area contributed by atoms with E-state index < -0.39 is 0 Å². The van der Waals surface area contributed by atoms with Crippen LogP contribution in [0.2, 0.25) is 0 Å². The Morgan fingerprint density at radius 2 is 1.73 bits per heavy atom. The van der Waals surface area contributed by atoms with Crippen molar-refractivity contribution in [2.45, 2.75) is 66.2 Å². The number of allylic oxidation sites excluding steroid dienone is 5. The largest absolute Gasteiger partial charge is 0.295 e. The van der Waals surface area contributed by atoms with Crippen molar-refractivity contribution in [1.82, 2.24) is 0 Å². The highest BCUT2D eigenvalue weighted by Crippen LogP contribution is 2.48. The molecule has 0 N–H and O–H groups in total. The van der Waals surface area contributed by atoms with Gasteiger partial charge in [-0.2, -0.15) is 0 Å². The molecule has 0 aromatic carbocycles. The third-order valence-electron chi connectivity index (χ3n) is 5.14. The van der Waals surface area contributed by atoms with Crippen molar-refractivity contribution < 1.29 is 9.59 Å². The van der Waals surface area contributed by atoms with Gasteiger partial charge in [-0.15, -0.1) is 0 Å². The summed E-state index contributed by atoms with van der Waals surface area (Å²) in [6.07, 6.45) is 6.64. The lowest BCUT2D eigenvalue weighted by Gasteiger charge is -2.28. The second-order valence-electron chi connectivity index (χ2n) is 7.50. The second kappa shape index (κ2) is 6.36. The third-order valence-corrected chi connectivity index (χ3v) is 5.14. The van der Waals surface area contributed by atoms with Crippen LogP contribution >= 0.6 is 0 Å². The third kappa shape index (κ3) is 3.31. The van der Waals surface area contributed by atoms with Crippen molar-refractivity contribution in [3.8, 4) is 0 Å². The first-order chi connectivity index (χ1) is 10.2. The lowest BCUT2D eigenvalue weighted by molar-refractivity contribution is -0.118. The molecule has 120 valence electrons. The van der Waals surface area contributed by atoms with E-state index in [0.717, 1.165) is 31.3 Å². The Bertz CT molecular complexity index is 575. The van der Waals surface area contributed by atoms with Crippen molar-refractivity contribution >= 4 is 11.6 Å². The molecule has 2 aliphatic carbocycles. The zero-order valence-electron chi connectivity index (χ0n) is 14.4. The number of carbonyl (C=O) groups excluding carboxylic acids is 2. The summed E-state index contributed by atoms with van der Waals surface area (Å²) in [6, 6.07) is 0. The van der Waals surface area contributed by atoms with Crippen molar-refractivity contribution in [3.05, 3.63) is 34.9 Å². The minimum Gasteiger partial charge on any atom is -0.295 e. The Hall–Kier alpha value is -1.44. The first-order valence-corrected chi connectivity index (χ1v) is 8.38. The summed E-state index contributed by atoms with van der Waals surface area (Å²) in [4.78, 5) is 25.0. The van der Waals surface area contributed by atoms with Gasteiger partial charge in [-0.05, 0) is 49.7 Å². The fraction of sp³-hybridized carbons (Fsp3) is 0.600. The number of hydrogen-bond donors (Lipinski definition) is 0. The molecule has 0 amide bonds. The molecule has 2 heteroatoms. The lowest BCUT2D eigenvalue weighted by atomic mass is 9.75. The van der Waals surface area contributed by atoms with Crippen molar-refractivity contribution in [3.63, 3.8) is 0 Å². The van der Waals surface area contributed by atoms with Crippen LogP contribution in [-0.4, -0.2) is 11.6 Å². The molecule has 2 nitrogen and oxygen atoms in total. The molecule has 2 aliphatic rings. The molecule has 0 saturated carbocycles. The lowest BCUT2D eigenvalue weighted by Crippen LogP contribution is -2.22. The van der Waals surface area contributed by atoms with Gasteiger partial charge < -0.3 is 0 Å². The van der Waals surface area contributed by atoms with Crippen LogP contribution < -0.4 is 0 Å². The fourth-order valence-electron chi connectivity index (χ4n) is 3.86. The van der Waals surface area contributed by atoms with Crippen LogP contribution in [0.1, 0.15) is 66.2 Å². The first kappa shape index (κ1) is 16.9. The van der Waals surface area contributed by atoms with E-state index in [-0.39, 0.29) is 22.9 Å². The van der Waals surface area contributed by atoms with Crippen LogP contribution in [0.15, 0.2) is 34.9 Å². The van der Waals surface area contributed by atoms with Gasteiger partial charge in [0.1, 0.15) is 0 Å². The summed E-state index contributed by atoms with van der Waals surface area (Å²) >= 11 is 0. The van der Waals surface area contributed by atoms with E-state index in [1.165, 1.54) is 11.1 Å². The summed E-state index contributed by atoms with van der Waals surface area (Å²) in [7, 11) is 0. The van der Waals surface area contributed by atoms with Crippen molar-refractivity contribution in [1.29, 1.82) is 0 Å². The summed E-state index contributed by atoms with van der Waals surface area (Å²) in [5, 5.41) is 0. The van der Waals surface area contributed by atoms with Gasteiger partial charge in [0.2, 0.25) is 0 Å². The predicted octanol–water partition coefficient (Wildman–Crippen LogP) is 4.95. The topological polar surface area (TPSA) is 34.1 Å². The van der Waals surface area contributed by atoms with Crippen LogP contribution in [0, 0.1) is 11.3 Å².